The zero-order valence-electron chi connectivity index (χ0n) is 14.4. The third-order valence-electron chi connectivity index (χ3n) is 5.40. The number of aromatic nitrogens is 1. The average molecular weight is 373 g/mol. The van der Waals surface area contributed by atoms with Gasteiger partial charge in [0.1, 0.15) is 11.5 Å². The van der Waals surface area contributed by atoms with Gasteiger partial charge in [-0.25, -0.2) is 9.37 Å². The molecule has 0 N–H and O–H groups in total. The maximum absolute atomic E-state index is 13.2. The zero-order valence-corrected chi connectivity index (χ0v) is 15.2. The lowest BCUT2D eigenvalue weighted by atomic mass is 9.78. The number of carbonyl (C=O) groups excluding carboxylic acids is 2. The van der Waals surface area contributed by atoms with Crippen LogP contribution in [0.1, 0.15) is 35.3 Å². The fourth-order valence-corrected chi connectivity index (χ4v) is 4.54. The quantitative estimate of drug-likeness (QED) is 0.831. The summed E-state index contributed by atoms with van der Waals surface area (Å²) in [6.07, 6.45) is 2.43. The van der Waals surface area contributed by atoms with E-state index in [0.717, 1.165) is 18.4 Å². The molecule has 2 saturated heterocycles. The highest BCUT2D eigenvalue weighted by Crippen LogP contribution is 2.40. The minimum absolute atomic E-state index is 0.0911. The number of benzene rings is 1. The fraction of sp³-hybridized carbons (Fsp3) is 0.421. The fourth-order valence-electron chi connectivity index (χ4n) is 4.02. The first-order valence-corrected chi connectivity index (χ1v) is 9.73. The van der Waals surface area contributed by atoms with Crippen molar-refractivity contribution >= 4 is 23.2 Å². The number of hydrogen-bond acceptors (Lipinski definition) is 4. The van der Waals surface area contributed by atoms with Crippen molar-refractivity contribution in [3.05, 3.63) is 52.2 Å². The normalized spacial score (nSPS) is 23.0. The molecular formula is C19H20FN3O2S. The zero-order chi connectivity index (χ0) is 18.1. The molecule has 2 aromatic rings. The third kappa shape index (κ3) is 3.11. The van der Waals surface area contributed by atoms with Gasteiger partial charge in [-0.3, -0.25) is 9.59 Å². The smallest absolute Gasteiger partial charge is 0.273 e. The van der Waals surface area contributed by atoms with E-state index in [1.165, 1.54) is 23.5 Å². The summed E-state index contributed by atoms with van der Waals surface area (Å²) in [6, 6.07) is 6.28. The summed E-state index contributed by atoms with van der Waals surface area (Å²) in [5.74, 6) is -0.254. The Bertz CT molecular complexity index is 809. The van der Waals surface area contributed by atoms with E-state index in [2.05, 4.69) is 4.98 Å². The van der Waals surface area contributed by atoms with Crippen LogP contribution in [-0.2, 0) is 11.3 Å². The second-order valence-electron chi connectivity index (χ2n) is 7.09. The molecule has 26 heavy (non-hydrogen) atoms. The monoisotopic (exact) mass is 373 g/mol. The molecule has 2 aliphatic heterocycles. The lowest BCUT2D eigenvalue weighted by Crippen LogP contribution is -2.50. The molecule has 7 heteroatoms. The highest BCUT2D eigenvalue weighted by molar-refractivity contribution is 7.07. The Hall–Kier alpha value is -2.28. The van der Waals surface area contributed by atoms with Crippen molar-refractivity contribution in [3.8, 4) is 0 Å². The molecule has 5 nitrogen and oxygen atoms in total. The summed E-state index contributed by atoms with van der Waals surface area (Å²) in [6.45, 7) is 2.24. The van der Waals surface area contributed by atoms with Crippen LogP contribution in [0.3, 0.4) is 0 Å². The van der Waals surface area contributed by atoms with Gasteiger partial charge in [-0.15, -0.1) is 11.3 Å². The highest BCUT2D eigenvalue weighted by Gasteiger charge is 2.49. The molecule has 136 valence electrons. The third-order valence-corrected chi connectivity index (χ3v) is 5.99. The Morgan fingerprint density at radius 3 is 2.77 bits per heavy atom. The van der Waals surface area contributed by atoms with Crippen molar-refractivity contribution in [2.45, 2.75) is 25.8 Å². The van der Waals surface area contributed by atoms with E-state index in [4.69, 9.17) is 0 Å². The molecule has 2 amide bonds. The van der Waals surface area contributed by atoms with Crippen LogP contribution in [0.5, 0.6) is 0 Å². The van der Waals surface area contributed by atoms with Crippen LogP contribution in [-0.4, -0.2) is 46.2 Å². The minimum Gasteiger partial charge on any atom is -0.338 e. The molecule has 3 heterocycles. The van der Waals surface area contributed by atoms with Crippen LogP contribution in [0.2, 0.25) is 0 Å². The lowest BCUT2D eigenvalue weighted by Gasteiger charge is -2.39. The molecule has 0 bridgehead atoms. The largest absolute Gasteiger partial charge is 0.338 e. The summed E-state index contributed by atoms with van der Waals surface area (Å²) in [5, 5.41) is 1.75. The molecule has 0 unspecified atom stereocenters. The van der Waals surface area contributed by atoms with Gasteiger partial charge in [0.25, 0.3) is 5.91 Å². The van der Waals surface area contributed by atoms with Gasteiger partial charge in [-0.05, 0) is 37.0 Å². The molecule has 1 atom stereocenters. The van der Waals surface area contributed by atoms with E-state index in [0.29, 0.717) is 38.3 Å². The maximum atomic E-state index is 13.2. The molecular weight excluding hydrogens is 353 g/mol. The van der Waals surface area contributed by atoms with Crippen molar-refractivity contribution in [1.82, 2.24) is 14.8 Å². The van der Waals surface area contributed by atoms with Gasteiger partial charge in [0, 0.05) is 31.6 Å². The highest BCUT2D eigenvalue weighted by atomic mass is 32.1. The average Bonchev–Trinajstić information content (AvgIpc) is 3.31. The predicted octanol–water partition coefficient (Wildman–Crippen LogP) is 2.94. The molecule has 0 aliphatic carbocycles. The summed E-state index contributed by atoms with van der Waals surface area (Å²) in [7, 11) is 0. The first kappa shape index (κ1) is 17.1. The molecule has 1 aromatic heterocycles. The maximum Gasteiger partial charge on any atom is 0.273 e. The first-order chi connectivity index (χ1) is 12.6. The number of thiazole rings is 1. The second kappa shape index (κ2) is 6.79. The van der Waals surface area contributed by atoms with Crippen LogP contribution in [0.4, 0.5) is 4.39 Å². The molecule has 2 aliphatic rings. The molecule has 1 spiro atoms. The molecule has 1 aromatic carbocycles. The second-order valence-corrected chi connectivity index (χ2v) is 7.81. The van der Waals surface area contributed by atoms with E-state index < -0.39 is 5.41 Å². The van der Waals surface area contributed by atoms with Crippen LogP contribution < -0.4 is 0 Å². The van der Waals surface area contributed by atoms with Gasteiger partial charge in [0.05, 0.1) is 10.9 Å². The van der Waals surface area contributed by atoms with Crippen LogP contribution in [0.25, 0.3) is 0 Å². The number of carbonyl (C=O) groups is 2. The summed E-state index contributed by atoms with van der Waals surface area (Å²) in [4.78, 5) is 33.4. The number of nitrogens with zero attached hydrogens (tertiary/aromatic N) is 3. The summed E-state index contributed by atoms with van der Waals surface area (Å²) >= 11 is 1.40. The molecule has 0 radical (unpaired) electrons. The minimum atomic E-state index is -0.482. The first-order valence-electron chi connectivity index (χ1n) is 8.79. The number of amides is 2. The molecule has 4 rings (SSSR count). The molecule has 2 fully saturated rings. The van der Waals surface area contributed by atoms with E-state index in [9.17, 15) is 14.0 Å². The Morgan fingerprint density at radius 2 is 2.04 bits per heavy atom. The summed E-state index contributed by atoms with van der Waals surface area (Å²) < 4.78 is 13.1. The van der Waals surface area contributed by atoms with E-state index in [1.807, 2.05) is 4.90 Å². The lowest BCUT2D eigenvalue weighted by molar-refractivity contribution is -0.146. The van der Waals surface area contributed by atoms with Crippen LogP contribution >= 0.6 is 11.3 Å². The number of rotatable bonds is 3. The number of piperidine rings is 1. The number of hydrogen-bond donors (Lipinski definition) is 0. The van der Waals surface area contributed by atoms with E-state index in [-0.39, 0.29) is 17.6 Å². The van der Waals surface area contributed by atoms with Crippen molar-refractivity contribution in [2.75, 3.05) is 19.6 Å². The van der Waals surface area contributed by atoms with Crippen LogP contribution in [0, 0.1) is 11.2 Å². The van der Waals surface area contributed by atoms with Crippen molar-refractivity contribution in [2.24, 2.45) is 5.41 Å². The Balaban J connectivity index is 1.47. The van der Waals surface area contributed by atoms with E-state index in [1.54, 1.807) is 27.9 Å². The van der Waals surface area contributed by atoms with Gasteiger partial charge >= 0.3 is 0 Å². The topological polar surface area (TPSA) is 53.5 Å². The van der Waals surface area contributed by atoms with Crippen molar-refractivity contribution in [3.63, 3.8) is 0 Å². The Labute approximate surface area is 155 Å². The van der Waals surface area contributed by atoms with Crippen LogP contribution in [0.15, 0.2) is 35.2 Å². The van der Waals surface area contributed by atoms with Gasteiger partial charge in [-0.1, -0.05) is 12.1 Å². The van der Waals surface area contributed by atoms with Gasteiger partial charge in [0.2, 0.25) is 5.91 Å². The Kier molecular flexibility index (Phi) is 4.48. The van der Waals surface area contributed by atoms with Gasteiger partial charge < -0.3 is 9.80 Å². The molecule has 0 saturated carbocycles. The number of halogens is 1. The van der Waals surface area contributed by atoms with E-state index >= 15 is 0 Å². The number of likely N-dealkylation sites (tertiary alicyclic amines) is 2. The SMILES string of the molecule is O=C(c1cscn1)N1CC[C@]2(CCCN(Cc3ccc(F)cc3)C2=O)C1. The predicted molar refractivity (Wildman–Crippen MR) is 96.1 cm³/mol. The Morgan fingerprint density at radius 1 is 1.23 bits per heavy atom. The van der Waals surface area contributed by atoms with Gasteiger partial charge in [-0.2, -0.15) is 0 Å². The van der Waals surface area contributed by atoms with Gasteiger partial charge in [0.15, 0.2) is 0 Å². The standard InChI is InChI=1S/C19H20FN3O2S/c20-15-4-2-14(3-5-15)10-22-8-1-6-19(18(22)25)7-9-23(12-19)17(24)16-11-26-13-21-16/h2-5,11,13H,1,6-10,12H2/t19-/m1/s1. The summed E-state index contributed by atoms with van der Waals surface area (Å²) in [5.41, 5.74) is 2.54. The van der Waals surface area contributed by atoms with Crippen molar-refractivity contribution < 1.29 is 14.0 Å². The van der Waals surface area contributed by atoms with Crippen molar-refractivity contribution in [1.29, 1.82) is 0 Å².